The lowest BCUT2D eigenvalue weighted by Gasteiger charge is -2.07. The molecule has 27 heavy (non-hydrogen) atoms. The van der Waals surface area contributed by atoms with Gasteiger partial charge in [0.05, 0.1) is 5.56 Å². The molecule has 0 spiro atoms. The van der Waals surface area contributed by atoms with E-state index in [1.54, 1.807) is 24.4 Å². The second kappa shape index (κ2) is 7.58. The van der Waals surface area contributed by atoms with Gasteiger partial charge in [-0.3, -0.25) is 9.59 Å². The monoisotopic (exact) mass is 363 g/mol. The molecule has 0 saturated carbocycles. The van der Waals surface area contributed by atoms with Crippen LogP contribution in [-0.2, 0) is 13.5 Å². The van der Waals surface area contributed by atoms with E-state index in [4.69, 9.17) is 5.26 Å². The molecule has 3 aromatic rings. The molecule has 0 fully saturated rings. The van der Waals surface area contributed by atoms with Gasteiger partial charge >= 0.3 is 0 Å². The maximum Gasteiger partial charge on any atom is 0.277 e. The standard InChI is InChI=1S/C19H14FN5O2/c1-25-18(26)7-5-16(24-25)19(27)23-17-6-3-13(11-22-17)8-12-2-4-15(20)14(9-12)10-21/h2-7,9,11H,8H2,1H3,(H,22,23,27). The summed E-state index contributed by atoms with van der Waals surface area (Å²) in [4.78, 5) is 27.7. The van der Waals surface area contributed by atoms with Crippen LogP contribution in [0.15, 0.2) is 53.5 Å². The lowest BCUT2D eigenvalue weighted by Crippen LogP contribution is -2.23. The number of carbonyl (C=O) groups excluding carboxylic acids is 1. The average molecular weight is 363 g/mol. The molecular weight excluding hydrogens is 349 g/mol. The number of nitriles is 1. The maximum atomic E-state index is 13.4. The SMILES string of the molecule is Cn1nc(C(=O)Nc2ccc(Cc3ccc(F)c(C#N)c3)cn2)ccc1=O. The number of nitrogens with one attached hydrogen (secondary N) is 1. The highest BCUT2D eigenvalue weighted by molar-refractivity contribution is 6.02. The number of amides is 1. The number of halogens is 1. The molecule has 0 aliphatic heterocycles. The van der Waals surface area contributed by atoms with Gasteiger partial charge in [0.25, 0.3) is 11.5 Å². The molecule has 2 heterocycles. The van der Waals surface area contributed by atoms with E-state index in [2.05, 4.69) is 15.4 Å². The van der Waals surface area contributed by atoms with Crippen molar-refractivity contribution in [1.29, 1.82) is 5.26 Å². The summed E-state index contributed by atoms with van der Waals surface area (Å²) in [5.74, 6) is -0.705. The van der Waals surface area contributed by atoms with Gasteiger partial charge in [-0.1, -0.05) is 12.1 Å². The maximum absolute atomic E-state index is 13.4. The van der Waals surface area contributed by atoms with E-state index in [0.717, 1.165) is 15.8 Å². The third-order valence-electron chi connectivity index (χ3n) is 3.82. The molecule has 1 aromatic carbocycles. The number of aromatic nitrogens is 3. The number of hydrogen-bond acceptors (Lipinski definition) is 5. The van der Waals surface area contributed by atoms with Gasteiger partial charge in [-0.05, 0) is 41.8 Å². The zero-order valence-corrected chi connectivity index (χ0v) is 14.3. The Morgan fingerprint density at radius 3 is 2.67 bits per heavy atom. The molecule has 0 aliphatic carbocycles. The summed E-state index contributed by atoms with van der Waals surface area (Å²) in [7, 11) is 1.46. The molecule has 7 nitrogen and oxygen atoms in total. The molecule has 134 valence electrons. The van der Waals surface area contributed by atoms with Crippen LogP contribution in [0.25, 0.3) is 0 Å². The van der Waals surface area contributed by atoms with Crippen molar-refractivity contribution < 1.29 is 9.18 Å². The van der Waals surface area contributed by atoms with E-state index in [1.807, 2.05) is 6.07 Å². The van der Waals surface area contributed by atoms with Gasteiger partial charge in [0.2, 0.25) is 0 Å². The Hall–Kier alpha value is -3.86. The van der Waals surface area contributed by atoms with Crippen molar-refractivity contribution in [1.82, 2.24) is 14.8 Å². The highest BCUT2D eigenvalue weighted by Gasteiger charge is 2.10. The first-order valence-electron chi connectivity index (χ1n) is 7.95. The van der Waals surface area contributed by atoms with Crippen LogP contribution in [0.1, 0.15) is 27.2 Å². The molecule has 1 amide bonds. The minimum Gasteiger partial charge on any atom is -0.305 e. The van der Waals surface area contributed by atoms with Gasteiger partial charge in [-0.2, -0.15) is 10.4 Å². The third kappa shape index (κ3) is 4.22. The molecule has 1 N–H and O–H groups in total. The Bertz CT molecular complexity index is 1100. The molecule has 8 heteroatoms. The topological polar surface area (TPSA) is 101 Å². The number of nitrogens with zero attached hydrogens (tertiary/aromatic N) is 4. The van der Waals surface area contributed by atoms with Crippen LogP contribution < -0.4 is 10.9 Å². The van der Waals surface area contributed by atoms with E-state index < -0.39 is 11.7 Å². The van der Waals surface area contributed by atoms with Gasteiger partial charge in [0.15, 0.2) is 0 Å². The summed E-state index contributed by atoms with van der Waals surface area (Å²) < 4.78 is 14.4. The highest BCUT2D eigenvalue weighted by Crippen LogP contribution is 2.15. The summed E-state index contributed by atoms with van der Waals surface area (Å²) in [5, 5.41) is 15.4. The van der Waals surface area contributed by atoms with Crippen molar-refractivity contribution in [2.24, 2.45) is 7.05 Å². The number of carbonyl (C=O) groups is 1. The van der Waals surface area contributed by atoms with Crippen LogP contribution >= 0.6 is 0 Å². The summed E-state index contributed by atoms with van der Waals surface area (Å²) in [6.45, 7) is 0. The van der Waals surface area contributed by atoms with Crippen LogP contribution in [0, 0.1) is 17.1 Å². The summed E-state index contributed by atoms with van der Waals surface area (Å²) in [6, 6.07) is 12.2. The minimum atomic E-state index is -0.551. The Morgan fingerprint density at radius 1 is 1.22 bits per heavy atom. The lowest BCUT2D eigenvalue weighted by molar-refractivity contribution is 0.101. The normalized spacial score (nSPS) is 10.3. The zero-order chi connectivity index (χ0) is 19.4. The van der Waals surface area contributed by atoms with Gasteiger partial charge in [-0.15, -0.1) is 0 Å². The molecule has 0 bridgehead atoms. The number of hydrogen-bond donors (Lipinski definition) is 1. The quantitative estimate of drug-likeness (QED) is 0.764. The molecule has 0 unspecified atom stereocenters. The largest absolute Gasteiger partial charge is 0.305 e. The molecule has 0 aliphatic rings. The molecule has 2 aromatic heterocycles. The second-order valence-corrected chi connectivity index (χ2v) is 5.79. The van der Waals surface area contributed by atoms with E-state index >= 15 is 0 Å². The Kier molecular flexibility index (Phi) is 5.04. The second-order valence-electron chi connectivity index (χ2n) is 5.79. The summed E-state index contributed by atoms with van der Waals surface area (Å²) in [5.41, 5.74) is 1.39. The molecular formula is C19H14FN5O2. The van der Waals surface area contributed by atoms with E-state index in [-0.39, 0.29) is 16.8 Å². The fourth-order valence-corrected chi connectivity index (χ4v) is 2.41. The average Bonchev–Trinajstić information content (AvgIpc) is 2.67. The van der Waals surface area contributed by atoms with Crippen LogP contribution in [0.2, 0.25) is 0 Å². The first-order valence-corrected chi connectivity index (χ1v) is 7.95. The van der Waals surface area contributed by atoms with Crippen LogP contribution in [0.5, 0.6) is 0 Å². The lowest BCUT2D eigenvalue weighted by atomic mass is 10.0. The number of aryl methyl sites for hydroxylation is 1. The van der Waals surface area contributed by atoms with Crippen molar-refractivity contribution in [2.75, 3.05) is 5.32 Å². The molecule has 0 saturated heterocycles. The Balaban J connectivity index is 1.70. The van der Waals surface area contributed by atoms with E-state index in [0.29, 0.717) is 12.2 Å². The Morgan fingerprint density at radius 2 is 2.00 bits per heavy atom. The first kappa shape index (κ1) is 17.9. The summed E-state index contributed by atoms with van der Waals surface area (Å²) in [6.07, 6.45) is 2.05. The van der Waals surface area contributed by atoms with Crippen molar-refractivity contribution in [2.45, 2.75) is 6.42 Å². The fourth-order valence-electron chi connectivity index (χ4n) is 2.41. The van der Waals surface area contributed by atoms with Gasteiger partial charge < -0.3 is 5.32 Å². The highest BCUT2D eigenvalue weighted by atomic mass is 19.1. The number of rotatable bonds is 4. The fraction of sp³-hybridized carbons (Fsp3) is 0.105. The Labute approximate surface area is 153 Å². The smallest absolute Gasteiger partial charge is 0.277 e. The van der Waals surface area contributed by atoms with Crippen LogP contribution in [-0.4, -0.2) is 20.7 Å². The molecule has 0 radical (unpaired) electrons. The number of anilines is 1. The van der Waals surface area contributed by atoms with Gasteiger partial charge in [-0.25, -0.2) is 14.1 Å². The van der Waals surface area contributed by atoms with E-state index in [9.17, 15) is 14.0 Å². The third-order valence-corrected chi connectivity index (χ3v) is 3.82. The van der Waals surface area contributed by atoms with Crippen molar-refractivity contribution in [3.8, 4) is 6.07 Å². The van der Waals surface area contributed by atoms with E-state index in [1.165, 1.54) is 31.3 Å². The van der Waals surface area contributed by atoms with Gasteiger partial charge in [0, 0.05) is 19.3 Å². The number of pyridine rings is 1. The molecule has 0 atom stereocenters. The predicted octanol–water partition coefficient (Wildman–Crippen LogP) is 2.03. The first-order chi connectivity index (χ1) is 13.0. The molecule has 3 rings (SSSR count). The number of benzene rings is 1. The van der Waals surface area contributed by atoms with Crippen molar-refractivity contribution in [3.05, 3.63) is 87.2 Å². The predicted molar refractivity (Wildman–Crippen MR) is 95.6 cm³/mol. The van der Waals surface area contributed by atoms with Gasteiger partial charge in [0.1, 0.15) is 23.4 Å². The van der Waals surface area contributed by atoms with Crippen LogP contribution in [0.3, 0.4) is 0 Å². The zero-order valence-electron chi connectivity index (χ0n) is 14.3. The van der Waals surface area contributed by atoms with Crippen molar-refractivity contribution >= 4 is 11.7 Å². The summed E-state index contributed by atoms with van der Waals surface area (Å²) >= 11 is 0. The van der Waals surface area contributed by atoms with Crippen LogP contribution in [0.4, 0.5) is 10.2 Å². The minimum absolute atomic E-state index is 0.00546. The van der Waals surface area contributed by atoms with Crippen molar-refractivity contribution in [3.63, 3.8) is 0 Å².